The summed E-state index contributed by atoms with van der Waals surface area (Å²) in [5.41, 5.74) is 0.519. The molecule has 0 bridgehead atoms. The predicted molar refractivity (Wildman–Crippen MR) is 81.0 cm³/mol. The van der Waals surface area contributed by atoms with Gasteiger partial charge >= 0.3 is 0 Å². The second kappa shape index (κ2) is 8.00. The number of ether oxygens (including phenoxy) is 2. The van der Waals surface area contributed by atoms with Crippen LogP contribution in [0.2, 0.25) is 5.02 Å². The molecule has 0 aromatic heterocycles. The zero-order valence-electron chi connectivity index (χ0n) is 12.5. The van der Waals surface area contributed by atoms with E-state index >= 15 is 0 Å². The highest BCUT2D eigenvalue weighted by Crippen LogP contribution is 2.37. The zero-order valence-corrected chi connectivity index (χ0v) is 13.3. The lowest BCUT2D eigenvalue weighted by molar-refractivity contribution is 0.0772. The van der Waals surface area contributed by atoms with Crippen LogP contribution in [0.4, 0.5) is 0 Å². The van der Waals surface area contributed by atoms with Crippen molar-refractivity contribution in [1.82, 2.24) is 4.90 Å². The second-order valence-corrected chi connectivity index (χ2v) is 4.54. The number of nitrogens with zero attached hydrogens (tertiary/aromatic N) is 1. The summed E-state index contributed by atoms with van der Waals surface area (Å²) in [6.45, 7) is 9.93. The molecule has 4 nitrogen and oxygen atoms in total. The van der Waals surface area contributed by atoms with Gasteiger partial charge in [0, 0.05) is 18.7 Å². The highest BCUT2D eigenvalue weighted by molar-refractivity contribution is 6.32. The number of hydrogen-bond acceptors (Lipinski definition) is 3. The SMILES string of the molecule is CCOc1cc(C(=O)N(CC)CC)cc(Cl)c1OCC. The van der Waals surface area contributed by atoms with Crippen molar-refractivity contribution in [3.8, 4) is 11.5 Å². The van der Waals surface area contributed by atoms with Crippen molar-refractivity contribution >= 4 is 17.5 Å². The van der Waals surface area contributed by atoms with E-state index in [-0.39, 0.29) is 5.91 Å². The number of carbonyl (C=O) groups is 1. The molecule has 0 atom stereocenters. The Bertz CT molecular complexity index is 459. The van der Waals surface area contributed by atoms with E-state index in [4.69, 9.17) is 21.1 Å². The summed E-state index contributed by atoms with van der Waals surface area (Å²) in [4.78, 5) is 14.1. The molecule has 0 heterocycles. The van der Waals surface area contributed by atoms with E-state index in [0.717, 1.165) is 0 Å². The van der Waals surface area contributed by atoms with Crippen LogP contribution in [0.15, 0.2) is 12.1 Å². The molecule has 0 fully saturated rings. The summed E-state index contributed by atoms with van der Waals surface area (Å²) in [6, 6.07) is 3.33. The van der Waals surface area contributed by atoms with Crippen molar-refractivity contribution in [3.05, 3.63) is 22.7 Å². The summed E-state index contributed by atoms with van der Waals surface area (Å²) in [6.07, 6.45) is 0. The van der Waals surface area contributed by atoms with E-state index in [1.54, 1.807) is 17.0 Å². The predicted octanol–water partition coefficient (Wildman–Crippen LogP) is 3.62. The lowest BCUT2D eigenvalue weighted by Crippen LogP contribution is -2.30. The normalized spacial score (nSPS) is 10.2. The van der Waals surface area contributed by atoms with Crippen molar-refractivity contribution in [2.75, 3.05) is 26.3 Å². The summed E-state index contributed by atoms with van der Waals surface area (Å²) >= 11 is 6.21. The summed E-state index contributed by atoms with van der Waals surface area (Å²) in [7, 11) is 0. The summed E-state index contributed by atoms with van der Waals surface area (Å²) in [5, 5.41) is 0.397. The van der Waals surface area contributed by atoms with Crippen molar-refractivity contribution < 1.29 is 14.3 Å². The first-order valence-corrected chi connectivity index (χ1v) is 7.35. The minimum absolute atomic E-state index is 0.0547. The zero-order chi connectivity index (χ0) is 15.1. The molecule has 0 spiro atoms. The largest absolute Gasteiger partial charge is 0.490 e. The van der Waals surface area contributed by atoms with E-state index in [9.17, 15) is 4.79 Å². The molecular formula is C15H22ClNO3. The van der Waals surface area contributed by atoms with Gasteiger partial charge in [-0.15, -0.1) is 0 Å². The Balaban J connectivity index is 3.19. The fourth-order valence-corrected chi connectivity index (χ4v) is 2.20. The van der Waals surface area contributed by atoms with Gasteiger partial charge < -0.3 is 14.4 Å². The van der Waals surface area contributed by atoms with Crippen molar-refractivity contribution in [3.63, 3.8) is 0 Å². The number of rotatable bonds is 7. The molecule has 0 aliphatic carbocycles. The summed E-state index contributed by atoms with van der Waals surface area (Å²) < 4.78 is 11.0. The third-order valence-corrected chi connectivity index (χ3v) is 3.18. The average Bonchev–Trinajstić information content (AvgIpc) is 2.43. The summed E-state index contributed by atoms with van der Waals surface area (Å²) in [5.74, 6) is 0.949. The van der Waals surface area contributed by atoms with Gasteiger partial charge in [-0.05, 0) is 39.8 Å². The minimum Gasteiger partial charge on any atom is -0.490 e. The molecule has 0 radical (unpaired) electrons. The molecule has 0 aliphatic rings. The first kappa shape index (κ1) is 16.6. The minimum atomic E-state index is -0.0547. The first-order valence-electron chi connectivity index (χ1n) is 6.97. The fraction of sp³-hybridized carbons (Fsp3) is 0.533. The molecule has 20 heavy (non-hydrogen) atoms. The highest BCUT2D eigenvalue weighted by atomic mass is 35.5. The van der Waals surface area contributed by atoms with Crippen LogP contribution in [0.1, 0.15) is 38.1 Å². The third kappa shape index (κ3) is 3.79. The van der Waals surface area contributed by atoms with Gasteiger partial charge in [0.05, 0.1) is 18.2 Å². The van der Waals surface area contributed by atoms with Gasteiger partial charge in [0.25, 0.3) is 5.91 Å². The lowest BCUT2D eigenvalue weighted by atomic mass is 10.1. The number of benzene rings is 1. The van der Waals surface area contributed by atoms with Crippen molar-refractivity contribution in [2.24, 2.45) is 0 Å². The number of halogens is 1. The van der Waals surface area contributed by atoms with Gasteiger partial charge in [-0.25, -0.2) is 0 Å². The van der Waals surface area contributed by atoms with Gasteiger partial charge in [-0.3, -0.25) is 4.79 Å². The van der Waals surface area contributed by atoms with Crippen LogP contribution >= 0.6 is 11.6 Å². The van der Waals surface area contributed by atoms with Gasteiger partial charge in [0.2, 0.25) is 0 Å². The van der Waals surface area contributed by atoms with Gasteiger partial charge in [-0.1, -0.05) is 11.6 Å². The Hall–Kier alpha value is -1.42. The molecule has 1 aromatic carbocycles. The van der Waals surface area contributed by atoms with Crippen LogP contribution in [-0.2, 0) is 0 Å². The highest BCUT2D eigenvalue weighted by Gasteiger charge is 2.18. The molecule has 0 N–H and O–H groups in total. The second-order valence-electron chi connectivity index (χ2n) is 4.13. The number of hydrogen-bond donors (Lipinski definition) is 0. The number of carbonyl (C=O) groups excluding carboxylic acids is 1. The van der Waals surface area contributed by atoms with Crippen LogP contribution in [0.25, 0.3) is 0 Å². The standard InChI is InChI=1S/C15H22ClNO3/c1-5-17(6-2)15(18)11-9-12(16)14(20-8-4)13(10-11)19-7-3/h9-10H,5-8H2,1-4H3. The lowest BCUT2D eigenvalue weighted by Gasteiger charge is -2.20. The maximum Gasteiger partial charge on any atom is 0.254 e. The van der Waals surface area contributed by atoms with E-state index in [2.05, 4.69) is 0 Å². The van der Waals surface area contributed by atoms with Gasteiger partial charge in [0.1, 0.15) is 0 Å². The maximum absolute atomic E-state index is 12.4. The Morgan fingerprint density at radius 1 is 1.10 bits per heavy atom. The van der Waals surface area contributed by atoms with E-state index in [1.807, 2.05) is 27.7 Å². The maximum atomic E-state index is 12.4. The molecule has 0 unspecified atom stereocenters. The Morgan fingerprint density at radius 2 is 1.70 bits per heavy atom. The van der Waals surface area contributed by atoms with Crippen LogP contribution < -0.4 is 9.47 Å². The van der Waals surface area contributed by atoms with E-state index in [0.29, 0.717) is 48.4 Å². The van der Waals surface area contributed by atoms with Crippen LogP contribution in [-0.4, -0.2) is 37.1 Å². The Kier molecular flexibility index (Phi) is 6.65. The Labute approximate surface area is 125 Å². The van der Waals surface area contributed by atoms with Crippen LogP contribution in [0, 0.1) is 0 Å². The molecule has 1 amide bonds. The van der Waals surface area contributed by atoms with Crippen molar-refractivity contribution in [1.29, 1.82) is 0 Å². The van der Waals surface area contributed by atoms with Crippen LogP contribution in [0.5, 0.6) is 11.5 Å². The van der Waals surface area contributed by atoms with Gasteiger partial charge in [0.15, 0.2) is 11.5 Å². The molecule has 0 saturated heterocycles. The molecule has 5 heteroatoms. The average molecular weight is 300 g/mol. The molecule has 1 rings (SSSR count). The molecular weight excluding hydrogens is 278 g/mol. The Morgan fingerprint density at radius 3 is 2.20 bits per heavy atom. The van der Waals surface area contributed by atoms with Crippen LogP contribution in [0.3, 0.4) is 0 Å². The number of amides is 1. The quantitative estimate of drug-likeness (QED) is 0.772. The van der Waals surface area contributed by atoms with Gasteiger partial charge in [-0.2, -0.15) is 0 Å². The molecule has 1 aromatic rings. The fourth-order valence-electron chi connectivity index (χ4n) is 1.93. The third-order valence-electron chi connectivity index (χ3n) is 2.90. The smallest absolute Gasteiger partial charge is 0.254 e. The molecule has 112 valence electrons. The van der Waals surface area contributed by atoms with E-state index < -0.39 is 0 Å². The first-order chi connectivity index (χ1) is 9.58. The van der Waals surface area contributed by atoms with Crippen molar-refractivity contribution in [2.45, 2.75) is 27.7 Å². The molecule has 0 saturated carbocycles. The molecule has 0 aliphatic heterocycles. The topological polar surface area (TPSA) is 38.8 Å². The van der Waals surface area contributed by atoms with E-state index in [1.165, 1.54) is 0 Å². The monoisotopic (exact) mass is 299 g/mol.